The molecule has 90 valence electrons. The Hall–Kier alpha value is -2.04. The Balaban J connectivity index is 2.41. The maximum atomic E-state index is 11.8. The molecule has 0 spiro atoms. The lowest BCUT2D eigenvalue weighted by Gasteiger charge is -2.05. The highest BCUT2D eigenvalue weighted by Crippen LogP contribution is 2.23. The van der Waals surface area contributed by atoms with Crippen molar-refractivity contribution in [3.8, 4) is 5.88 Å². The molecule has 0 aliphatic carbocycles. The number of rotatable bonds is 3. The van der Waals surface area contributed by atoms with Crippen LogP contribution in [0, 0.1) is 0 Å². The second-order valence-corrected chi connectivity index (χ2v) is 4.09. The summed E-state index contributed by atoms with van der Waals surface area (Å²) in [4.78, 5) is 18.9. The van der Waals surface area contributed by atoms with Gasteiger partial charge < -0.3 is 15.0 Å². The van der Waals surface area contributed by atoms with E-state index in [4.69, 9.17) is 4.74 Å². The lowest BCUT2D eigenvalue weighted by Crippen LogP contribution is -2.30. The van der Waals surface area contributed by atoms with E-state index in [2.05, 4.69) is 15.3 Å². The largest absolute Gasteiger partial charge is 0.481 e. The average Bonchev–Trinajstić information content (AvgIpc) is 2.71. The molecule has 17 heavy (non-hydrogen) atoms. The Bertz CT molecular complexity index is 546. The molecule has 0 aromatic carbocycles. The first-order chi connectivity index (χ1) is 8.11. The molecule has 2 aromatic heterocycles. The fourth-order valence-corrected chi connectivity index (χ4v) is 1.65. The lowest BCUT2D eigenvalue weighted by atomic mass is 10.3. The molecule has 5 heteroatoms. The number of carbonyl (C=O) groups is 1. The number of hydrogen-bond acceptors (Lipinski definition) is 3. The summed E-state index contributed by atoms with van der Waals surface area (Å²) >= 11 is 0. The van der Waals surface area contributed by atoms with Gasteiger partial charge in [-0.2, -0.15) is 0 Å². The third-order valence-corrected chi connectivity index (χ3v) is 2.37. The van der Waals surface area contributed by atoms with Crippen LogP contribution in [0.1, 0.15) is 24.3 Å². The molecule has 0 aliphatic heterocycles. The van der Waals surface area contributed by atoms with E-state index in [1.165, 1.54) is 0 Å². The zero-order valence-electron chi connectivity index (χ0n) is 10.1. The van der Waals surface area contributed by atoms with Crippen LogP contribution in [0.4, 0.5) is 0 Å². The molecule has 0 saturated carbocycles. The monoisotopic (exact) mass is 233 g/mol. The first-order valence-electron chi connectivity index (χ1n) is 5.44. The number of nitrogens with one attached hydrogen (secondary N) is 2. The molecule has 2 aromatic rings. The molecule has 0 atom stereocenters. The standard InChI is InChI=1S/C12H15N3O2/c1-7(2)14-11(16)10-6-8-9(15-10)4-5-13-12(8)17-3/h4-7,15H,1-3H3,(H,14,16). The maximum Gasteiger partial charge on any atom is 0.267 e. The summed E-state index contributed by atoms with van der Waals surface area (Å²) in [6.45, 7) is 3.84. The van der Waals surface area contributed by atoms with Crippen molar-refractivity contribution in [2.75, 3.05) is 7.11 Å². The van der Waals surface area contributed by atoms with Crippen molar-refractivity contribution < 1.29 is 9.53 Å². The molecule has 2 heterocycles. The minimum Gasteiger partial charge on any atom is -0.481 e. The van der Waals surface area contributed by atoms with Gasteiger partial charge in [-0.25, -0.2) is 4.98 Å². The van der Waals surface area contributed by atoms with Crippen molar-refractivity contribution in [2.45, 2.75) is 19.9 Å². The summed E-state index contributed by atoms with van der Waals surface area (Å²) in [5, 5.41) is 3.64. The summed E-state index contributed by atoms with van der Waals surface area (Å²) in [6, 6.07) is 3.66. The smallest absolute Gasteiger partial charge is 0.267 e. The van der Waals surface area contributed by atoms with Gasteiger partial charge in [0.2, 0.25) is 5.88 Å². The van der Waals surface area contributed by atoms with E-state index in [1.54, 1.807) is 19.4 Å². The topological polar surface area (TPSA) is 67.0 Å². The Morgan fingerprint density at radius 3 is 2.94 bits per heavy atom. The van der Waals surface area contributed by atoms with Crippen molar-refractivity contribution in [1.82, 2.24) is 15.3 Å². The normalized spacial score (nSPS) is 10.8. The molecule has 0 aliphatic rings. The van der Waals surface area contributed by atoms with Crippen molar-refractivity contribution in [3.05, 3.63) is 24.0 Å². The average molecular weight is 233 g/mol. The number of methoxy groups -OCH3 is 1. The third kappa shape index (κ3) is 2.22. The van der Waals surface area contributed by atoms with E-state index in [0.717, 1.165) is 10.9 Å². The minimum absolute atomic E-state index is 0.105. The summed E-state index contributed by atoms with van der Waals surface area (Å²) < 4.78 is 5.14. The number of fused-ring (bicyclic) bond motifs is 1. The molecule has 0 radical (unpaired) electrons. The molecule has 2 N–H and O–H groups in total. The highest BCUT2D eigenvalue weighted by atomic mass is 16.5. The second kappa shape index (κ2) is 4.45. The first-order valence-corrected chi connectivity index (χ1v) is 5.44. The Kier molecular flexibility index (Phi) is 2.99. The Labute approximate surface area is 99.2 Å². The van der Waals surface area contributed by atoms with Gasteiger partial charge in [-0.05, 0) is 26.0 Å². The lowest BCUT2D eigenvalue weighted by molar-refractivity contribution is 0.0939. The van der Waals surface area contributed by atoms with Crippen LogP contribution in [0.25, 0.3) is 10.9 Å². The van der Waals surface area contributed by atoms with Crippen molar-refractivity contribution >= 4 is 16.8 Å². The molecule has 5 nitrogen and oxygen atoms in total. The quantitative estimate of drug-likeness (QED) is 0.848. The maximum absolute atomic E-state index is 11.8. The zero-order valence-corrected chi connectivity index (χ0v) is 10.1. The van der Waals surface area contributed by atoms with Gasteiger partial charge >= 0.3 is 0 Å². The van der Waals surface area contributed by atoms with E-state index < -0.39 is 0 Å². The Morgan fingerprint density at radius 2 is 2.29 bits per heavy atom. The fraction of sp³-hybridized carbons (Fsp3) is 0.333. The highest BCUT2D eigenvalue weighted by molar-refractivity contribution is 5.99. The van der Waals surface area contributed by atoms with Crippen LogP contribution in [0.5, 0.6) is 5.88 Å². The number of carbonyl (C=O) groups excluding carboxylic acids is 1. The number of pyridine rings is 1. The third-order valence-electron chi connectivity index (χ3n) is 2.37. The van der Waals surface area contributed by atoms with Gasteiger partial charge in [0.25, 0.3) is 5.91 Å². The van der Waals surface area contributed by atoms with Crippen molar-refractivity contribution in [3.63, 3.8) is 0 Å². The van der Waals surface area contributed by atoms with E-state index in [1.807, 2.05) is 19.9 Å². The predicted octanol–water partition coefficient (Wildman–Crippen LogP) is 1.71. The van der Waals surface area contributed by atoms with Crippen LogP contribution in [-0.4, -0.2) is 29.0 Å². The fourth-order valence-electron chi connectivity index (χ4n) is 1.65. The Morgan fingerprint density at radius 1 is 1.53 bits per heavy atom. The van der Waals surface area contributed by atoms with Gasteiger partial charge in [-0.3, -0.25) is 4.79 Å². The number of aromatic nitrogens is 2. The highest BCUT2D eigenvalue weighted by Gasteiger charge is 2.12. The number of ether oxygens (including phenoxy) is 1. The predicted molar refractivity (Wildman–Crippen MR) is 65.2 cm³/mol. The molecular weight excluding hydrogens is 218 g/mol. The summed E-state index contributed by atoms with van der Waals surface area (Å²) in [5.41, 5.74) is 1.35. The molecule has 2 rings (SSSR count). The van der Waals surface area contributed by atoms with E-state index >= 15 is 0 Å². The van der Waals surface area contributed by atoms with E-state index in [-0.39, 0.29) is 11.9 Å². The number of hydrogen-bond donors (Lipinski definition) is 2. The van der Waals surface area contributed by atoms with Gasteiger partial charge in [-0.1, -0.05) is 0 Å². The van der Waals surface area contributed by atoms with Gasteiger partial charge in [-0.15, -0.1) is 0 Å². The van der Waals surface area contributed by atoms with Gasteiger partial charge in [0, 0.05) is 12.2 Å². The molecule has 1 amide bonds. The number of nitrogens with zero attached hydrogens (tertiary/aromatic N) is 1. The first kappa shape index (κ1) is 11.4. The minimum atomic E-state index is -0.127. The van der Waals surface area contributed by atoms with E-state index in [9.17, 15) is 4.79 Å². The van der Waals surface area contributed by atoms with Crippen molar-refractivity contribution in [1.29, 1.82) is 0 Å². The van der Waals surface area contributed by atoms with Gasteiger partial charge in [0.1, 0.15) is 5.69 Å². The molecule has 0 bridgehead atoms. The zero-order chi connectivity index (χ0) is 12.4. The van der Waals surface area contributed by atoms with Crippen LogP contribution < -0.4 is 10.1 Å². The van der Waals surface area contributed by atoms with Gasteiger partial charge in [0.15, 0.2) is 0 Å². The number of H-pyrrole nitrogens is 1. The summed E-state index contributed by atoms with van der Waals surface area (Å²) in [6.07, 6.45) is 1.64. The van der Waals surface area contributed by atoms with Gasteiger partial charge in [0.05, 0.1) is 18.0 Å². The molecule has 0 fully saturated rings. The second-order valence-electron chi connectivity index (χ2n) is 4.09. The van der Waals surface area contributed by atoms with Crippen molar-refractivity contribution in [2.24, 2.45) is 0 Å². The van der Waals surface area contributed by atoms with Crippen LogP contribution in [-0.2, 0) is 0 Å². The summed E-state index contributed by atoms with van der Waals surface area (Å²) in [5.74, 6) is 0.389. The van der Waals surface area contributed by atoms with Crippen LogP contribution in [0.3, 0.4) is 0 Å². The van der Waals surface area contributed by atoms with Crippen LogP contribution in [0.15, 0.2) is 18.3 Å². The van der Waals surface area contributed by atoms with E-state index in [0.29, 0.717) is 11.6 Å². The number of aromatic amines is 1. The van der Waals surface area contributed by atoms with Crippen LogP contribution >= 0.6 is 0 Å². The molecule has 0 unspecified atom stereocenters. The summed E-state index contributed by atoms with van der Waals surface area (Å²) in [7, 11) is 1.56. The molecule has 0 saturated heterocycles. The number of amides is 1. The van der Waals surface area contributed by atoms with Crippen LogP contribution in [0.2, 0.25) is 0 Å². The SMILES string of the molecule is COc1nccc2[nH]c(C(=O)NC(C)C)cc12. The molecular formula is C12H15N3O2.